The first kappa shape index (κ1) is 70.8. The number of sulfonamides is 2. The lowest BCUT2D eigenvalue weighted by Gasteiger charge is -2.39. The van der Waals surface area contributed by atoms with Gasteiger partial charge < -0.3 is 30.3 Å². The van der Waals surface area contributed by atoms with Crippen molar-refractivity contribution in [1.82, 2.24) is 54.5 Å². The highest BCUT2D eigenvalue weighted by molar-refractivity contribution is 7.89. The average molecular weight is 1480 g/mol. The Morgan fingerprint density at radius 3 is 1.39 bits per heavy atom. The molecule has 2 atom stereocenters. The number of hydrogen-bond acceptors (Lipinski definition) is 18. The van der Waals surface area contributed by atoms with E-state index in [1.807, 2.05) is 0 Å². The molecule has 4 aromatic carbocycles. The molecule has 4 aliphatic rings. The Hall–Kier alpha value is -7.03. The fourth-order valence-electron chi connectivity index (χ4n) is 9.53. The van der Waals surface area contributed by atoms with Crippen LogP contribution in [0.15, 0.2) is 107 Å². The van der Waals surface area contributed by atoms with Crippen molar-refractivity contribution < 1.29 is 88.6 Å². The number of benzene rings is 4. The molecule has 95 heavy (non-hydrogen) atoms. The molecule has 0 bridgehead atoms. The quantitative estimate of drug-likeness (QED) is 0.0638. The van der Waals surface area contributed by atoms with Crippen molar-refractivity contribution in [3.63, 3.8) is 0 Å². The molecular formula is C56H47Cl3F12N12O8S4. The number of rotatable bonds is 15. The van der Waals surface area contributed by atoms with Crippen molar-refractivity contribution in [2.45, 2.75) is 97.6 Å². The van der Waals surface area contributed by atoms with Gasteiger partial charge in [0.25, 0.3) is 0 Å². The zero-order valence-corrected chi connectivity index (χ0v) is 53.7. The number of nitrogens with one attached hydrogen (secondary N) is 3. The van der Waals surface area contributed by atoms with E-state index in [2.05, 4.69) is 55.3 Å². The first-order valence-corrected chi connectivity index (χ1v) is 33.7. The molecule has 20 nitrogen and oxygen atoms in total. The van der Waals surface area contributed by atoms with Crippen molar-refractivity contribution in [2.75, 3.05) is 44.2 Å². The second kappa shape index (κ2) is 28.2. The molecule has 0 unspecified atom stereocenters. The van der Waals surface area contributed by atoms with Crippen LogP contribution < -0.4 is 30.3 Å². The van der Waals surface area contributed by atoms with Crippen LogP contribution in [-0.4, -0.2) is 131 Å². The van der Waals surface area contributed by atoms with E-state index in [-0.39, 0.29) is 68.3 Å². The number of alkyl halides is 12. The van der Waals surface area contributed by atoms with Gasteiger partial charge in [0.05, 0.1) is 20.9 Å². The van der Waals surface area contributed by atoms with Crippen molar-refractivity contribution in [3.05, 3.63) is 146 Å². The summed E-state index contributed by atoms with van der Waals surface area (Å²) in [7, 11) is -8.76. The van der Waals surface area contributed by atoms with E-state index in [1.54, 1.807) is 4.90 Å². The number of hydrogen-bond donors (Lipinski definition) is 3. The summed E-state index contributed by atoms with van der Waals surface area (Å²) >= 11 is 20.7. The van der Waals surface area contributed by atoms with Crippen LogP contribution in [0.3, 0.4) is 0 Å². The molecule has 2 aliphatic carbocycles. The van der Waals surface area contributed by atoms with Crippen LogP contribution in [0.4, 0.5) is 57.8 Å². The number of halogens is 15. The largest absolute Gasteiger partial charge is 0.573 e. The van der Waals surface area contributed by atoms with Gasteiger partial charge in [-0.25, -0.2) is 41.8 Å². The van der Waals surface area contributed by atoms with Crippen LogP contribution >= 0.6 is 57.5 Å². The van der Waals surface area contributed by atoms with Gasteiger partial charge in [-0.1, -0.05) is 81.7 Å². The minimum Gasteiger partial charge on any atom is -0.406 e. The fraction of sp³-hybridized carbons (Fsp3) is 0.357. The van der Waals surface area contributed by atoms with E-state index in [0.29, 0.717) is 77.9 Å². The summed E-state index contributed by atoms with van der Waals surface area (Å²) < 4.78 is 217. The van der Waals surface area contributed by atoms with Gasteiger partial charge in [-0.05, 0) is 110 Å². The van der Waals surface area contributed by atoms with E-state index >= 15 is 0 Å². The lowest BCUT2D eigenvalue weighted by Crippen LogP contribution is -2.60. The Morgan fingerprint density at radius 2 is 0.958 bits per heavy atom. The maximum atomic E-state index is 13.7. The standard InChI is InChI=1S/C28H23ClF6N6O4S2.C20H19F6N3O4S.C8H5Cl2N3S/c29-22-21-24(38-23(37-22)16-3-4-16)39-26(46-21)40-11-12-41(47(43,44)19-9-5-17(6-10-19)27(30,31)32)20(14-40)25(42)36-13-15-1-7-18(8-2-15)45-28(33,34)35;21-19(22,23)14-3-7-16(8-4-14)34(31,32)29-10-9-27-12-17(29)18(30)28-11-13-1-5-15(6-2-13)33-20(24,25)26;9-5-4-7(13-8(10)14-4)12-6(11-5)3-1-2-3/h1-2,5-10,16,20H,3-4,11-14H2,(H,36,42);1-8,17,27H,9-12H2,(H,28,30);3H,1-2H2/t20-;17-;/m11./s1. The monoisotopic (exact) mass is 1480 g/mol. The third-order valence-corrected chi connectivity index (χ3v) is 21.4. The van der Waals surface area contributed by atoms with Crippen molar-refractivity contribution in [1.29, 1.82) is 0 Å². The van der Waals surface area contributed by atoms with E-state index in [1.165, 1.54) is 46.9 Å². The zero-order chi connectivity index (χ0) is 68.6. The molecule has 8 aromatic rings. The lowest BCUT2D eigenvalue weighted by molar-refractivity contribution is -0.275. The molecule has 12 rings (SSSR count). The van der Waals surface area contributed by atoms with E-state index in [9.17, 15) is 79.1 Å². The van der Waals surface area contributed by atoms with Gasteiger partial charge in [0.15, 0.2) is 31.2 Å². The molecular weight excluding hydrogens is 1430 g/mol. The molecule has 4 aromatic heterocycles. The molecule has 2 aliphatic heterocycles. The number of aromatic nitrogens is 6. The molecule has 0 spiro atoms. The highest BCUT2D eigenvalue weighted by Gasteiger charge is 2.43. The van der Waals surface area contributed by atoms with Gasteiger partial charge in [0.2, 0.25) is 31.9 Å². The molecule has 6 heterocycles. The third kappa shape index (κ3) is 18.0. The summed E-state index contributed by atoms with van der Waals surface area (Å²) in [6, 6.07) is 12.8. The average Bonchev–Trinajstić information content (AvgIpc) is 1.67. The van der Waals surface area contributed by atoms with Crippen LogP contribution in [0.5, 0.6) is 11.5 Å². The highest BCUT2D eigenvalue weighted by Crippen LogP contribution is 2.43. The Balaban J connectivity index is 0.000000177. The number of ether oxygens (including phenoxy) is 2. The Morgan fingerprint density at radius 1 is 0.537 bits per heavy atom. The van der Waals surface area contributed by atoms with Crippen LogP contribution in [0.2, 0.25) is 14.8 Å². The van der Waals surface area contributed by atoms with Crippen LogP contribution in [0.25, 0.3) is 20.7 Å². The van der Waals surface area contributed by atoms with Gasteiger partial charge in [0, 0.05) is 64.2 Å². The van der Waals surface area contributed by atoms with Gasteiger partial charge >= 0.3 is 25.1 Å². The predicted octanol–water partition coefficient (Wildman–Crippen LogP) is 11.9. The number of anilines is 1. The lowest BCUT2D eigenvalue weighted by atomic mass is 10.1. The third-order valence-electron chi connectivity index (χ3n) is 14.5. The predicted molar refractivity (Wildman–Crippen MR) is 323 cm³/mol. The summed E-state index contributed by atoms with van der Waals surface area (Å²) in [6.45, 7) is -0.524. The van der Waals surface area contributed by atoms with Crippen molar-refractivity contribution in [3.8, 4) is 11.5 Å². The van der Waals surface area contributed by atoms with Gasteiger partial charge in [-0.2, -0.15) is 39.9 Å². The SMILES string of the molecule is Clc1nc2nc(C3CC3)nc(Cl)c2s1.O=C(NCc1ccc(OC(F)(F)F)cc1)[C@H]1CN(c2nc3nc(C4CC4)nc(Cl)c3s2)CCN1S(=O)(=O)c1ccc(C(F)(F)F)cc1.O=C(NCc1ccc(OC(F)(F)F)cc1)[C@H]1CNCCN1S(=O)(=O)c1ccc(C(F)(F)F)cc1. The number of thiazole rings is 2. The second-order valence-corrected chi connectivity index (χ2v) is 28.4. The summed E-state index contributed by atoms with van der Waals surface area (Å²) in [5.41, 5.74) is -0.225. The van der Waals surface area contributed by atoms with Crippen LogP contribution in [0, 0.1) is 0 Å². The second-order valence-electron chi connectivity index (χ2n) is 21.3. The summed E-state index contributed by atoms with van der Waals surface area (Å²) in [4.78, 5) is 53.3. The molecule has 4 fully saturated rings. The van der Waals surface area contributed by atoms with Gasteiger partial charge in [0.1, 0.15) is 44.6 Å². The number of piperazine rings is 2. The number of nitrogens with zero attached hydrogens (tertiary/aromatic N) is 9. The Kier molecular flexibility index (Phi) is 21.0. The van der Waals surface area contributed by atoms with Crippen LogP contribution in [-0.2, 0) is 55.1 Å². The topological polar surface area (TPSA) is 244 Å². The summed E-state index contributed by atoms with van der Waals surface area (Å²) in [6.07, 6.45) is -14.8. The van der Waals surface area contributed by atoms with Crippen molar-refractivity contribution in [2.24, 2.45) is 0 Å². The zero-order valence-electron chi connectivity index (χ0n) is 48.1. The molecule has 508 valence electrons. The smallest absolute Gasteiger partial charge is 0.406 e. The van der Waals surface area contributed by atoms with Crippen LogP contribution in [0.1, 0.15) is 71.4 Å². The van der Waals surface area contributed by atoms with Gasteiger partial charge in [-0.15, -0.1) is 26.3 Å². The van der Waals surface area contributed by atoms with E-state index in [4.69, 9.17) is 34.8 Å². The molecule has 0 radical (unpaired) electrons. The maximum Gasteiger partial charge on any atom is 0.573 e. The molecule has 2 amide bonds. The number of carbonyl (C=O) groups excluding carboxylic acids is 2. The first-order valence-electron chi connectivity index (χ1n) is 28.0. The van der Waals surface area contributed by atoms with Gasteiger partial charge in [-0.3, -0.25) is 9.59 Å². The minimum atomic E-state index is -4.88. The number of carbonyl (C=O) groups is 2. The number of fused-ring (bicyclic) bond motifs is 2. The summed E-state index contributed by atoms with van der Waals surface area (Å²) in [5.74, 6) is -0.248. The number of amides is 2. The van der Waals surface area contributed by atoms with E-state index < -0.39 is 96.5 Å². The Labute approximate surface area is 554 Å². The molecule has 2 saturated carbocycles. The fourth-order valence-corrected chi connectivity index (χ4v) is 15.1. The minimum absolute atomic E-state index is 0.0376. The Bertz CT molecular complexity index is 4330. The highest BCUT2D eigenvalue weighted by atomic mass is 35.5. The first-order chi connectivity index (χ1) is 44.6. The maximum absolute atomic E-state index is 13.7. The van der Waals surface area contributed by atoms with Crippen molar-refractivity contribution >= 4 is 115 Å². The normalized spacial score (nSPS) is 17.7. The molecule has 2 saturated heterocycles. The summed E-state index contributed by atoms with van der Waals surface area (Å²) in [5, 5.41) is 9.13. The molecule has 39 heteroatoms. The van der Waals surface area contributed by atoms with E-state index in [0.717, 1.165) is 93.3 Å². The molecule has 3 N–H and O–H groups in total.